The van der Waals surface area contributed by atoms with Gasteiger partial charge in [-0.2, -0.15) is 5.10 Å². The largest absolute Gasteiger partial charge is 0.456 e. The second kappa shape index (κ2) is 9.56. The van der Waals surface area contributed by atoms with Gasteiger partial charge in [0.15, 0.2) is 10.4 Å². The number of ether oxygens (including phenoxy) is 2. The first-order chi connectivity index (χ1) is 17.2. The fourth-order valence-electron chi connectivity index (χ4n) is 4.20. The lowest BCUT2D eigenvalue weighted by Crippen LogP contribution is -2.70. The van der Waals surface area contributed by atoms with E-state index in [1.807, 2.05) is 10.7 Å². The van der Waals surface area contributed by atoms with Crippen LogP contribution >= 0.6 is 39.5 Å². The number of fused-ring (bicyclic) bond motifs is 2. The molecule has 3 aliphatic heterocycles. The van der Waals surface area contributed by atoms with Gasteiger partial charge in [0, 0.05) is 35.9 Å². The molecule has 188 valence electrons. The molecule has 1 fully saturated rings. The highest BCUT2D eigenvalue weighted by atomic mass is 79.9. The molecule has 1 saturated heterocycles. The highest BCUT2D eigenvalue weighted by Crippen LogP contribution is 2.58. The summed E-state index contributed by atoms with van der Waals surface area (Å²) >= 11 is 6.53. The van der Waals surface area contributed by atoms with Gasteiger partial charge in [-0.25, -0.2) is 4.79 Å². The molecule has 3 aliphatic rings. The van der Waals surface area contributed by atoms with Gasteiger partial charge in [0.25, 0.3) is 11.6 Å². The van der Waals surface area contributed by atoms with Crippen molar-refractivity contribution in [3.63, 3.8) is 0 Å². The third-order valence-corrected chi connectivity index (χ3v) is 9.58. The summed E-state index contributed by atoms with van der Waals surface area (Å²) in [6.45, 7) is 1.16. The van der Waals surface area contributed by atoms with Crippen LogP contribution in [0.2, 0.25) is 0 Å². The zero-order valence-corrected chi connectivity index (χ0v) is 22.0. The number of nitro benzene ring substituents is 1. The van der Waals surface area contributed by atoms with Gasteiger partial charge in [0.2, 0.25) is 0 Å². The van der Waals surface area contributed by atoms with Crippen LogP contribution in [0.4, 0.5) is 5.69 Å². The Bertz CT molecular complexity index is 1270. The molecule has 2 aromatic rings. The zero-order valence-electron chi connectivity index (χ0n) is 18.8. The number of β-lactam (4-membered cyclic amide) rings is 1. The fourth-order valence-corrected chi connectivity index (χ4v) is 7.35. The molecular weight excluding hydrogens is 576 g/mol. The highest BCUT2D eigenvalue weighted by Gasteiger charge is 2.69. The quantitative estimate of drug-likeness (QED) is 0.154. The second-order valence-electron chi connectivity index (χ2n) is 8.27. The Kier molecular flexibility index (Phi) is 6.59. The van der Waals surface area contributed by atoms with Crippen molar-refractivity contribution in [3.05, 3.63) is 68.5 Å². The Morgan fingerprint density at radius 2 is 2.11 bits per heavy atom. The van der Waals surface area contributed by atoms with E-state index in [0.29, 0.717) is 17.1 Å². The van der Waals surface area contributed by atoms with Crippen molar-refractivity contribution in [2.24, 2.45) is 0 Å². The van der Waals surface area contributed by atoms with Crippen molar-refractivity contribution in [2.75, 3.05) is 5.75 Å². The maximum absolute atomic E-state index is 13.4. The second-order valence-corrected chi connectivity index (χ2v) is 11.6. The van der Waals surface area contributed by atoms with Crippen LogP contribution in [0.3, 0.4) is 0 Å². The molecule has 0 bridgehead atoms. The monoisotopic (exact) mass is 594 g/mol. The van der Waals surface area contributed by atoms with E-state index in [4.69, 9.17) is 9.47 Å². The number of non-ortho nitro benzene ring substituents is 1. The summed E-state index contributed by atoms with van der Waals surface area (Å²) < 4.78 is 11.5. The first kappa shape index (κ1) is 24.8. The fraction of sp³-hybridized carbons (Fsp3) is 0.364. The Balaban J connectivity index is 1.30. The van der Waals surface area contributed by atoms with Crippen LogP contribution in [0.25, 0.3) is 0 Å². The van der Waals surface area contributed by atoms with Crippen molar-refractivity contribution in [2.45, 2.75) is 41.6 Å². The minimum Gasteiger partial charge on any atom is -0.456 e. The first-order valence-electron chi connectivity index (χ1n) is 10.8. The number of carbonyl (C=O) groups excluding carboxylic acids is 3. The molecule has 14 heteroatoms. The van der Waals surface area contributed by atoms with Crippen molar-refractivity contribution in [3.8, 4) is 0 Å². The molecule has 3 unspecified atom stereocenters. The SMILES string of the molecule is CC(=O)OC(c1cc2n(n1)CSCC2)C1(Br)C(=O)N2C(C(=O)OCc3ccc([N+](=O)[O-])cc3)=CSC21. The van der Waals surface area contributed by atoms with E-state index in [0.717, 1.165) is 17.9 Å². The van der Waals surface area contributed by atoms with Gasteiger partial charge in [0.05, 0.1) is 10.8 Å². The molecule has 3 atom stereocenters. The average Bonchev–Trinajstić information content (AvgIpc) is 3.48. The molecule has 0 saturated carbocycles. The Labute approximate surface area is 221 Å². The number of amides is 1. The number of hydrogen-bond acceptors (Lipinski definition) is 10. The first-order valence-corrected chi connectivity index (χ1v) is 13.7. The van der Waals surface area contributed by atoms with Crippen molar-refractivity contribution < 1.29 is 28.8 Å². The molecule has 1 amide bonds. The number of hydrogen-bond donors (Lipinski definition) is 0. The summed E-state index contributed by atoms with van der Waals surface area (Å²) in [5, 5.41) is 16.4. The topological polar surface area (TPSA) is 134 Å². The van der Waals surface area contributed by atoms with E-state index in [1.165, 1.54) is 47.9 Å². The number of halogens is 1. The summed E-state index contributed by atoms with van der Waals surface area (Å²) in [5.41, 5.74) is 2.06. The zero-order chi connectivity index (χ0) is 25.6. The van der Waals surface area contributed by atoms with E-state index >= 15 is 0 Å². The molecule has 0 spiro atoms. The van der Waals surface area contributed by atoms with Gasteiger partial charge < -0.3 is 9.47 Å². The van der Waals surface area contributed by atoms with Gasteiger partial charge in [-0.05, 0) is 30.2 Å². The van der Waals surface area contributed by atoms with Gasteiger partial charge in [-0.3, -0.25) is 29.3 Å². The lowest BCUT2D eigenvalue weighted by molar-refractivity contribution is -0.384. The Morgan fingerprint density at radius 1 is 1.36 bits per heavy atom. The third kappa shape index (κ3) is 4.20. The van der Waals surface area contributed by atoms with Crippen LogP contribution in [0, 0.1) is 10.1 Å². The number of benzene rings is 1. The van der Waals surface area contributed by atoms with Crippen molar-refractivity contribution in [1.29, 1.82) is 0 Å². The third-order valence-electron chi connectivity index (χ3n) is 5.97. The molecule has 4 heterocycles. The lowest BCUT2D eigenvalue weighted by atomic mass is 9.88. The summed E-state index contributed by atoms with van der Waals surface area (Å²) in [7, 11) is 0. The average molecular weight is 595 g/mol. The molecule has 1 aromatic heterocycles. The summed E-state index contributed by atoms with van der Waals surface area (Å²) in [4.78, 5) is 49.8. The molecular formula is C22H19BrN4O7S2. The van der Waals surface area contributed by atoms with Gasteiger partial charge in [-0.1, -0.05) is 15.9 Å². The molecule has 1 aromatic carbocycles. The molecule has 11 nitrogen and oxygen atoms in total. The molecule has 0 radical (unpaired) electrons. The molecule has 5 rings (SSSR count). The normalized spacial score (nSPS) is 23.2. The predicted octanol–water partition coefficient (Wildman–Crippen LogP) is 3.28. The number of nitro groups is 1. The number of aromatic nitrogens is 2. The highest BCUT2D eigenvalue weighted by molar-refractivity contribution is 9.10. The number of esters is 2. The number of carbonyl (C=O) groups is 3. The number of alkyl halides is 1. The molecule has 0 aliphatic carbocycles. The predicted molar refractivity (Wildman–Crippen MR) is 134 cm³/mol. The van der Waals surface area contributed by atoms with Crippen LogP contribution in [-0.4, -0.2) is 52.9 Å². The van der Waals surface area contributed by atoms with E-state index in [-0.39, 0.29) is 18.0 Å². The number of rotatable bonds is 7. The maximum atomic E-state index is 13.4. The number of thioether (sulfide) groups is 2. The van der Waals surface area contributed by atoms with Gasteiger partial charge in [-0.15, -0.1) is 23.5 Å². The number of aryl methyl sites for hydroxylation is 1. The van der Waals surface area contributed by atoms with Gasteiger partial charge >= 0.3 is 11.9 Å². The maximum Gasteiger partial charge on any atom is 0.355 e. The molecule has 36 heavy (non-hydrogen) atoms. The van der Waals surface area contributed by atoms with E-state index < -0.39 is 38.6 Å². The summed E-state index contributed by atoms with van der Waals surface area (Å²) in [6.07, 6.45) is -0.159. The standard InChI is InChI=1S/C22H19BrN4O7S2/c1-12(28)34-18(16-8-15-6-7-35-11-25(15)24-16)22(23)20(30)26-17(10-36-21(22)26)19(29)33-9-13-2-4-14(5-3-13)27(31)32/h2-5,8,10,18,21H,6-7,9,11H2,1H3. The smallest absolute Gasteiger partial charge is 0.355 e. The van der Waals surface area contributed by atoms with E-state index in [1.54, 1.807) is 17.2 Å². The summed E-state index contributed by atoms with van der Waals surface area (Å²) in [6, 6.07) is 7.50. The molecule has 0 N–H and O–H groups in total. The van der Waals surface area contributed by atoms with E-state index in [2.05, 4.69) is 21.0 Å². The van der Waals surface area contributed by atoms with Crippen LogP contribution < -0.4 is 0 Å². The Hall–Kier alpha value is -2.84. The van der Waals surface area contributed by atoms with Crippen LogP contribution in [0.15, 0.2) is 41.4 Å². The van der Waals surface area contributed by atoms with E-state index in [9.17, 15) is 24.5 Å². The Morgan fingerprint density at radius 3 is 2.78 bits per heavy atom. The minimum atomic E-state index is -1.31. The lowest BCUT2D eigenvalue weighted by Gasteiger charge is -2.51. The summed E-state index contributed by atoms with van der Waals surface area (Å²) in [5.74, 6) is -0.0536. The van der Waals surface area contributed by atoms with Crippen LogP contribution in [-0.2, 0) is 42.8 Å². The van der Waals surface area contributed by atoms with Crippen LogP contribution in [0.5, 0.6) is 0 Å². The van der Waals surface area contributed by atoms with Crippen molar-refractivity contribution >= 4 is 63.0 Å². The van der Waals surface area contributed by atoms with Crippen molar-refractivity contribution in [1.82, 2.24) is 14.7 Å². The number of nitrogens with zero attached hydrogens (tertiary/aromatic N) is 4. The minimum absolute atomic E-state index is 0.0673. The van der Waals surface area contributed by atoms with Crippen LogP contribution in [0.1, 0.15) is 30.0 Å². The van der Waals surface area contributed by atoms with Gasteiger partial charge in [0.1, 0.15) is 23.4 Å².